The van der Waals surface area contributed by atoms with Crippen molar-refractivity contribution in [3.05, 3.63) is 75.1 Å². The summed E-state index contributed by atoms with van der Waals surface area (Å²) in [6.45, 7) is 1.95. The lowest BCUT2D eigenvalue weighted by molar-refractivity contribution is -0.113. The molecule has 1 amide bonds. The van der Waals surface area contributed by atoms with Crippen LogP contribution in [0.1, 0.15) is 5.56 Å². The van der Waals surface area contributed by atoms with Gasteiger partial charge in [-0.25, -0.2) is 13.4 Å². The standard InChI is InChI=1S/C19H16BrN3O4S2/c1-12-2-6-14(7-3-12)22-17(24)11-28-19-21-10-16(18(25)23-19)29(26,27)15-8-4-13(20)5-9-15/h2-10H,11H2,1H3,(H,22,24)(H,21,23,25). The predicted molar refractivity (Wildman–Crippen MR) is 115 cm³/mol. The fraction of sp³-hybridized carbons (Fsp3) is 0.105. The fourth-order valence-electron chi connectivity index (χ4n) is 2.34. The number of nitrogens with one attached hydrogen (secondary N) is 2. The molecule has 1 heterocycles. The van der Waals surface area contributed by atoms with Crippen LogP contribution in [-0.2, 0) is 14.6 Å². The summed E-state index contributed by atoms with van der Waals surface area (Å²) in [7, 11) is -3.99. The van der Waals surface area contributed by atoms with Gasteiger partial charge < -0.3 is 10.3 Å². The van der Waals surface area contributed by atoms with Crippen molar-refractivity contribution in [1.29, 1.82) is 0 Å². The number of amides is 1. The molecule has 1 aromatic heterocycles. The molecule has 3 rings (SSSR count). The predicted octanol–water partition coefficient (Wildman–Crippen LogP) is 3.40. The van der Waals surface area contributed by atoms with E-state index in [9.17, 15) is 18.0 Å². The lowest BCUT2D eigenvalue weighted by Crippen LogP contribution is -2.20. The number of H-pyrrole nitrogens is 1. The third kappa shape index (κ3) is 5.34. The molecule has 0 fully saturated rings. The van der Waals surface area contributed by atoms with E-state index < -0.39 is 20.3 Å². The summed E-state index contributed by atoms with van der Waals surface area (Å²) in [5.41, 5.74) is 0.959. The highest BCUT2D eigenvalue weighted by atomic mass is 79.9. The Morgan fingerprint density at radius 1 is 1.14 bits per heavy atom. The number of carbonyl (C=O) groups is 1. The molecule has 0 saturated heterocycles. The molecule has 2 aromatic carbocycles. The molecule has 0 unspecified atom stereocenters. The monoisotopic (exact) mass is 493 g/mol. The third-order valence-corrected chi connectivity index (χ3v) is 7.01. The van der Waals surface area contributed by atoms with Gasteiger partial charge in [0, 0.05) is 10.2 Å². The second-order valence-electron chi connectivity index (χ2n) is 6.04. The van der Waals surface area contributed by atoms with Crippen molar-refractivity contribution >= 4 is 49.1 Å². The van der Waals surface area contributed by atoms with Crippen LogP contribution >= 0.6 is 27.7 Å². The molecule has 7 nitrogen and oxygen atoms in total. The smallest absolute Gasteiger partial charge is 0.270 e. The maximum atomic E-state index is 12.6. The number of carbonyl (C=O) groups excluding carboxylic acids is 1. The van der Waals surface area contributed by atoms with E-state index in [1.165, 1.54) is 12.1 Å². The van der Waals surface area contributed by atoms with Gasteiger partial charge in [-0.15, -0.1) is 0 Å². The minimum atomic E-state index is -3.99. The first-order valence-electron chi connectivity index (χ1n) is 8.35. The van der Waals surface area contributed by atoms with Gasteiger partial charge in [-0.3, -0.25) is 9.59 Å². The van der Waals surface area contributed by atoms with E-state index in [2.05, 4.69) is 31.2 Å². The minimum Gasteiger partial charge on any atom is -0.325 e. The number of rotatable bonds is 6. The number of anilines is 1. The van der Waals surface area contributed by atoms with Crippen LogP contribution in [0.15, 0.2) is 78.9 Å². The highest BCUT2D eigenvalue weighted by molar-refractivity contribution is 9.10. The van der Waals surface area contributed by atoms with Crippen molar-refractivity contribution in [2.75, 3.05) is 11.1 Å². The normalized spacial score (nSPS) is 11.2. The molecular formula is C19H16BrN3O4S2. The lowest BCUT2D eigenvalue weighted by atomic mass is 10.2. The lowest BCUT2D eigenvalue weighted by Gasteiger charge is -2.06. The van der Waals surface area contributed by atoms with Gasteiger partial charge in [0.05, 0.1) is 16.8 Å². The zero-order valence-corrected chi connectivity index (χ0v) is 18.4. The van der Waals surface area contributed by atoms with Gasteiger partial charge >= 0.3 is 0 Å². The van der Waals surface area contributed by atoms with Crippen LogP contribution in [0.5, 0.6) is 0 Å². The van der Waals surface area contributed by atoms with Crippen molar-refractivity contribution in [3.8, 4) is 0 Å². The number of thioether (sulfide) groups is 1. The van der Waals surface area contributed by atoms with Crippen molar-refractivity contribution in [2.24, 2.45) is 0 Å². The molecule has 0 radical (unpaired) electrons. The molecule has 0 aliphatic heterocycles. The summed E-state index contributed by atoms with van der Waals surface area (Å²) in [5.74, 6) is -0.261. The van der Waals surface area contributed by atoms with Gasteiger partial charge in [0.15, 0.2) is 10.1 Å². The number of benzene rings is 2. The van der Waals surface area contributed by atoms with Crippen LogP contribution in [0.2, 0.25) is 0 Å². The molecule has 0 saturated carbocycles. The Morgan fingerprint density at radius 2 is 1.79 bits per heavy atom. The van der Waals surface area contributed by atoms with Crippen LogP contribution in [0.3, 0.4) is 0 Å². The zero-order chi connectivity index (χ0) is 21.0. The molecule has 0 aliphatic rings. The Balaban J connectivity index is 1.69. The van der Waals surface area contributed by atoms with E-state index in [0.29, 0.717) is 5.69 Å². The van der Waals surface area contributed by atoms with Gasteiger partial charge in [-0.1, -0.05) is 45.4 Å². The molecule has 0 spiro atoms. The van der Waals surface area contributed by atoms with Crippen molar-refractivity contribution < 1.29 is 13.2 Å². The average molecular weight is 494 g/mol. The number of halogens is 1. The molecule has 2 N–H and O–H groups in total. The fourth-order valence-corrected chi connectivity index (χ4v) is 4.47. The Labute approximate surface area is 180 Å². The Bertz CT molecular complexity index is 1190. The number of hydrogen-bond donors (Lipinski definition) is 2. The van der Waals surface area contributed by atoms with Crippen LogP contribution in [-0.4, -0.2) is 30.0 Å². The Morgan fingerprint density at radius 3 is 2.41 bits per heavy atom. The number of hydrogen-bond acceptors (Lipinski definition) is 6. The first-order chi connectivity index (χ1) is 13.8. The minimum absolute atomic E-state index is 0.00845. The molecule has 10 heteroatoms. The Kier molecular flexibility index (Phi) is 6.56. The van der Waals surface area contributed by atoms with E-state index in [1.807, 2.05) is 19.1 Å². The molecule has 0 bridgehead atoms. The molecule has 150 valence electrons. The van der Waals surface area contributed by atoms with E-state index in [0.717, 1.165) is 28.0 Å². The molecular weight excluding hydrogens is 478 g/mol. The zero-order valence-electron chi connectivity index (χ0n) is 15.2. The second-order valence-corrected chi connectivity index (χ2v) is 9.84. The number of sulfone groups is 1. The van der Waals surface area contributed by atoms with Gasteiger partial charge in [-0.05, 0) is 43.3 Å². The van der Waals surface area contributed by atoms with Crippen molar-refractivity contribution in [2.45, 2.75) is 21.9 Å². The summed E-state index contributed by atoms with van der Waals surface area (Å²) in [6.07, 6.45) is 1.01. The van der Waals surface area contributed by atoms with E-state index in [4.69, 9.17) is 0 Å². The number of nitrogens with zero attached hydrogens (tertiary/aromatic N) is 1. The van der Waals surface area contributed by atoms with Gasteiger partial charge in [0.25, 0.3) is 5.56 Å². The van der Waals surface area contributed by atoms with Crippen molar-refractivity contribution in [1.82, 2.24) is 9.97 Å². The summed E-state index contributed by atoms with van der Waals surface area (Å²) < 4.78 is 26.0. The summed E-state index contributed by atoms with van der Waals surface area (Å²) in [4.78, 5) is 30.3. The van der Waals surface area contributed by atoms with Crippen LogP contribution in [0.4, 0.5) is 5.69 Å². The number of aromatic amines is 1. The highest BCUT2D eigenvalue weighted by Gasteiger charge is 2.22. The first kappa shape index (κ1) is 21.3. The van der Waals surface area contributed by atoms with Gasteiger partial charge in [0.2, 0.25) is 15.7 Å². The quantitative estimate of drug-likeness (QED) is 0.402. The molecule has 0 atom stereocenters. The maximum absolute atomic E-state index is 12.6. The summed E-state index contributed by atoms with van der Waals surface area (Å²) >= 11 is 4.24. The van der Waals surface area contributed by atoms with Gasteiger partial charge in [-0.2, -0.15) is 0 Å². The molecule has 29 heavy (non-hydrogen) atoms. The largest absolute Gasteiger partial charge is 0.325 e. The molecule has 0 aliphatic carbocycles. The summed E-state index contributed by atoms with van der Waals surface area (Å²) in [6, 6.07) is 13.3. The number of aromatic nitrogens is 2. The first-order valence-corrected chi connectivity index (χ1v) is 11.6. The number of aryl methyl sites for hydroxylation is 1. The van der Waals surface area contributed by atoms with Crippen LogP contribution in [0.25, 0.3) is 0 Å². The topological polar surface area (TPSA) is 109 Å². The van der Waals surface area contributed by atoms with Gasteiger partial charge in [0.1, 0.15) is 0 Å². The molecule has 3 aromatic rings. The summed E-state index contributed by atoms with van der Waals surface area (Å²) in [5, 5.41) is 2.89. The van der Waals surface area contributed by atoms with Crippen LogP contribution in [0, 0.1) is 6.92 Å². The maximum Gasteiger partial charge on any atom is 0.270 e. The van der Waals surface area contributed by atoms with E-state index in [-0.39, 0.29) is 21.7 Å². The third-order valence-electron chi connectivity index (χ3n) is 3.83. The average Bonchev–Trinajstić information content (AvgIpc) is 2.68. The Hall–Kier alpha value is -2.43. The van der Waals surface area contributed by atoms with Crippen molar-refractivity contribution in [3.63, 3.8) is 0 Å². The second kappa shape index (κ2) is 8.93. The SMILES string of the molecule is Cc1ccc(NC(=O)CSc2ncc(S(=O)(=O)c3ccc(Br)cc3)c(=O)[nH]2)cc1. The highest BCUT2D eigenvalue weighted by Crippen LogP contribution is 2.21. The van der Waals surface area contributed by atoms with Crippen LogP contribution < -0.4 is 10.9 Å². The van der Waals surface area contributed by atoms with E-state index >= 15 is 0 Å². The van der Waals surface area contributed by atoms with E-state index in [1.54, 1.807) is 24.3 Å².